The van der Waals surface area contributed by atoms with Crippen molar-refractivity contribution in [2.45, 2.75) is 68.6 Å². The van der Waals surface area contributed by atoms with E-state index in [2.05, 4.69) is 27.8 Å². The van der Waals surface area contributed by atoms with Crippen molar-refractivity contribution in [1.29, 1.82) is 0 Å². The lowest BCUT2D eigenvalue weighted by atomic mass is 9.69. The van der Waals surface area contributed by atoms with E-state index < -0.39 is 27.3 Å². The highest BCUT2D eigenvalue weighted by atomic mass is 35.5. The predicted octanol–water partition coefficient (Wildman–Crippen LogP) is 5.00. The van der Waals surface area contributed by atoms with Gasteiger partial charge in [-0.2, -0.15) is 0 Å². The van der Waals surface area contributed by atoms with Crippen molar-refractivity contribution in [3.05, 3.63) is 70.3 Å². The minimum Gasteiger partial charge on any atom is -0.490 e. The van der Waals surface area contributed by atoms with E-state index >= 15 is 0 Å². The number of aliphatic hydroxyl groups is 1. The molecule has 0 unspecified atom stereocenters. The minimum atomic E-state index is -4.08. The second-order valence-electron chi connectivity index (χ2n) is 12.1. The first-order valence-corrected chi connectivity index (χ1v) is 16.3. The lowest BCUT2D eigenvalue weighted by molar-refractivity contribution is 0.0980. The Morgan fingerprint density at radius 1 is 1.10 bits per heavy atom. The Morgan fingerprint density at radius 3 is 2.70 bits per heavy atom. The molecule has 5 atom stereocenters. The number of nitrogens with one attached hydrogen (secondary N) is 1. The van der Waals surface area contributed by atoms with E-state index in [4.69, 9.17) is 16.3 Å². The number of aryl methyl sites for hydroxylation is 1. The van der Waals surface area contributed by atoms with Gasteiger partial charge in [0.25, 0.3) is 5.91 Å². The minimum absolute atomic E-state index is 0.214. The Hall–Kier alpha value is -2.55. The van der Waals surface area contributed by atoms with Crippen molar-refractivity contribution in [2.75, 3.05) is 24.6 Å². The summed E-state index contributed by atoms with van der Waals surface area (Å²) in [6, 6.07) is 11.4. The monoisotopic (exact) mass is 584 g/mol. The van der Waals surface area contributed by atoms with Crippen LogP contribution in [0.25, 0.3) is 0 Å². The molecule has 0 saturated heterocycles. The van der Waals surface area contributed by atoms with Crippen LogP contribution in [0.3, 0.4) is 0 Å². The summed E-state index contributed by atoms with van der Waals surface area (Å²) in [5, 5.41) is 10.1. The van der Waals surface area contributed by atoms with Gasteiger partial charge in [0, 0.05) is 29.1 Å². The second kappa shape index (κ2) is 10.7. The molecule has 9 heteroatoms. The Labute approximate surface area is 241 Å². The average Bonchev–Trinajstić information content (AvgIpc) is 3.06. The maximum atomic E-state index is 13.2. The summed E-state index contributed by atoms with van der Waals surface area (Å²) in [4.78, 5) is 15.6. The van der Waals surface area contributed by atoms with Gasteiger partial charge in [-0.3, -0.25) is 4.79 Å². The predicted molar refractivity (Wildman–Crippen MR) is 157 cm³/mol. The number of allylic oxidation sites excluding steroid dienone is 1. The molecule has 214 valence electrons. The molecule has 0 radical (unpaired) electrons. The molecule has 2 aliphatic carbocycles. The normalized spacial score (nSPS) is 32.5. The van der Waals surface area contributed by atoms with E-state index in [9.17, 15) is 18.3 Å². The number of hydrogen-bond donors (Lipinski definition) is 2. The van der Waals surface area contributed by atoms with Gasteiger partial charge in [0.1, 0.15) is 11.0 Å². The van der Waals surface area contributed by atoms with E-state index in [-0.39, 0.29) is 17.4 Å². The van der Waals surface area contributed by atoms with E-state index in [1.54, 1.807) is 18.2 Å². The highest BCUT2D eigenvalue weighted by Gasteiger charge is 2.43. The molecule has 1 saturated carbocycles. The highest BCUT2D eigenvalue weighted by molar-refractivity contribution is 7.90. The van der Waals surface area contributed by atoms with Crippen LogP contribution >= 0.6 is 11.6 Å². The van der Waals surface area contributed by atoms with Gasteiger partial charge in [-0.1, -0.05) is 29.8 Å². The van der Waals surface area contributed by atoms with Crippen LogP contribution in [0.5, 0.6) is 5.75 Å². The van der Waals surface area contributed by atoms with Gasteiger partial charge < -0.3 is 14.7 Å². The topological polar surface area (TPSA) is 95.9 Å². The zero-order chi connectivity index (χ0) is 28.1. The van der Waals surface area contributed by atoms with E-state index in [0.29, 0.717) is 24.2 Å². The van der Waals surface area contributed by atoms with Gasteiger partial charge >= 0.3 is 0 Å². The van der Waals surface area contributed by atoms with Crippen LogP contribution in [0.15, 0.2) is 48.6 Å². The average molecular weight is 585 g/mol. The summed E-state index contributed by atoms with van der Waals surface area (Å²) in [6.07, 6.45) is 9.29. The molecule has 2 aliphatic heterocycles. The van der Waals surface area contributed by atoms with Gasteiger partial charge in [-0.15, -0.1) is 0 Å². The number of nitrogens with zero attached hydrogens (tertiary/aromatic N) is 1. The molecule has 1 amide bonds. The first-order valence-electron chi connectivity index (χ1n) is 14.3. The number of carbonyl (C=O) groups excluding carboxylic acids is 1. The number of amides is 1. The number of sulfonamides is 1. The molecule has 2 aromatic rings. The first kappa shape index (κ1) is 27.6. The smallest absolute Gasteiger partial charge is 0.264 e. The summed E-state index contributed by atoms with van der Waals surface area (Å²) < 4.78 is 34.6. The van der Waals surface area contributed by atoms with E-state index in [1.807, 2.05) is 12.1 Å². The number of hydrogen-bond acceptors (Lipinski definition) is 6. The molecular formula is C31H37ClN2O5S. The third-order valence-corrected chi connectivity index (χ3v) is 11.6. The van der Waals surface area contributed by atoms with Crippen molar-refractivity contribution in [2.24, 2.45) is 11.8 Å². The zero-order valence-electron chi connectivity index (χ0n) is 22.8. The van der Waals surface area contributed by atoms with Crippen LogP contribution in [-0.2, 0) is 21.9 Å². The fourth-order valence-corrected chi connectivity index (χ4v) is 8.19. The highest BCUT2D eigenvalue weighted by Crippen LogP contribution is 2.46. The molecule has 2 aromatic carbocycles. The van der Waals surface area contributed by atoms with E-state index in [1.165, 1.54) is 18.1 Å². The second-order valence-corrected chi connectivity index (χ2v) is 14.6. The van der Waals surface area contributed by atoms with Crippen molar-refractivity contribution in [3.63, 3.8) is 0 Å². The van der Waals surface area contributed by atoms with Crippen LogP contribution < -0.4 is 14.4 Å². The summed E-state index contributed by atoms with van der Waals surface area (Å²) in [6.45, 7) is 3.54. The quantitative estimate of drug-likeness (QED) is 0.423. The van der Waals surface area contributed by atoms with Crippen LogP contribution in [0.2, 0.25) is 5.02 Å². The molecule has 4 aliphatic rings. The Morgan fingerprint density at radius 2 is 1.90 bits per heavy atom. The lowest BCUT2D eigenvalue weighted by Crippen LogP contribution is -2.48. The van der Waals surface area contributed by atoms with E-state index in [0.717, 1.165) is 62.3 Å². The fourth-order valence-electron chi connectivity index (χ4n) is 6.91. The molecule has 40 heavy (non-hydrogen) atoms. The molecule has 6 rings (SSSR count). The third kappa shape index (κ3) is 5.14. The summed E-state index contributed by atoms with van der Waals surface area (Å²) in [5.41, 5.74) is 3.42. The largest absolute Gasteiger partial charge is 0.490 e. The SMILES string of the molecule is C[C@H]1[C@@H](O)C/C=C\C[C@@H]2CC[C@H]2CN2C[C@@]3(CCCc4cc(Cl)ccc43)COc3ccc(cc32)C(=O)NS1(=O)=O. The van der Waals surface area contributed by atoms with Gasteiger partial charge in [0.15, 0.2) is 0 Å². The summed E-state index contributed by atoms with van der Waals surface area (Å²) in [7, 11) is -4.08. The summed E-state index contributed by atoms with van der Waals surface area (Å²) in [5.74, 6) is 1.02. The van der Waals surface area contributed by atoms with Gasteiger partial charge in [-0.25, -0.2) is 13.1 Å². The number of rotatable bonds is 0. The number of anilines is 1. The first-order chi connectivity index (χ1) is 19.1. The number of aliphatic hydroxyl groups excluding tert-OH is 1. The molecule has 7 nitrogen and oxygen atoms in total. The standard InChI is InChI=1S/C31H37ClN2O5S/c1-20-28(35)7-3-2-5-21-8-9-24(21)17-34-18-31(14-4-6-22-15-25(32)11-12-26(22)31)19-39-29-13-10-23(16-27(29)34)30(36)33-40(20,37)38/h2-3,10-13,15-16,20-21,24,28,35H,4-9,14,17-19H2,1H3,(H,33,36)/b3-2-/t20-,21+,24-,28-,31-/m0/s1. The Kier molecular flexibility index (Phi) is 7.38. The number of ether oxygens (including phenoxy) is 1. The van der Waals surface area contributed by atoms with Crippen LogP contribution in [0, 0.1) is 11.8 Å². The van der Waals surface area contributed by atoms with Crippen LogP contribution in [0.4, 0.5) is 5.69 Å². The van der Waals surface area contributed by atoms with Crippen molar-refractivity contribution < 1.29 is 23.1 Å². The number of fused-ring (bicyclic) bond motifs is 4. The third-order valence-electron chi connectivity index (χ3n) is 9.58. The molecule has 0 aromatic heterocycles. The number of halogens is 1. The number of carbonyl (C=O) groups is 1. The fraction of sp³-hybridized carbons (Fsp3) is 0.516. The molecule has 2 heterocycles. The summed E-state index contributed by atoms with van der Waals surface area (Å²) >= 11 is 6.37. The maximum absolute atomic E-state index is 13.2. The van der Waals surface area contributed by atoms with Crippen molar-refractivity contribution >= 4 is 33.2 Å². The van der Waals surface area contributed by atoms with Gasteiger partial charge in [-0.05, 0) is 105 Å². The van der Waals surface area contributed by atoms with Crippen molar-refractivity contribution in [3.8, 4) is 5.75 Å². The molecule has 2 bridgehead atoms. The van der Waals surface area contributed by atoms with Crippen LogP contribution in [0.1, 0.15) is 66.9 Å². The molecular weight excluding hydrogens is 548 g/mol. The van der Waals surface area contributed by atoms with Gasteiger partial charge in [0.05, 0.1) is 18.4 Å². The van der Waals surface area contributed by atoms with Crippen LogP contribution in [-0.4, -0.2) is 50.5 Å². The molecule has 1 spiro atoms. The Balaban J connectivity index is 1.41. The number of benzene rings is 2. The van der Waals surface area contributed by atoms with Gasteiger partial charge in [0.2, 0.25) is 10.0 Å². The lowest BCUT2D eigenvalue weighted by Gasteiger charge is -2.44. The van der Waals surface area contributed by atoms with Crippen molar-refractivity contribution in [1.82, 2.24) is 4.72 Å². The molecule has 1 fully saturated rings. The Bertz CT molecular complexity index is 1440. The zero-order valence-corrected chi connectivity index (χ0v) is 24.4. The maximum Gasteiger partial charge on any atom is 0.264 e. The molecule has 2 N–H and O–H groups in total.